The van der Waals surface area contributed by atoms with Crippen molar-refractivity contribution in [1.29, 1.82) is 0 Å². The van der Waals surface area contributed by atoms with Crippen molar-refractivity contribution in [3.63, 3.8) is 0 Å². The molecule has 0 bridgehead atoms. The molecule has 2 N–H and O–H groups in total. The number of hydrogen-bond donors (Lipinski definition) is 1. The van der Waals surface area contributed by atoms with Gasteiger partial charge in [-0.05, 0) is 11.4 Å². The summed E-state index contributed by atoms with van der Waals surface area (Å²) in [7, 11) is 0. The van der Waals surface area contributed by atoms with Gasteiger partial charge in [-0.15, -0.1) is 22.7 Å². The number of thiazole rings is 1. The number of rotatable bonds is 3. The quantitative estimate of drug-likeness (QED) is 0.747. The molecule has 0 aliphatic carbocycles. The normalized spacial score (nSPS) is 10.5. The van der Waals surface area contributed by atoms with Gasteiger partial charge in [-0.1, -0.05) is 36.4 Å². The Hall–Kier alpha value is -1.98. The lowest BCUT2D eigenvalue weighted by molar-refractivity contribution is 0.104. The third kappa shape index (κ3) is 2.30. The standard InChI is InChI=1S/C14H10N2OS2/c15-13-12(11(17)10-7-4-8-18-10)19-14(16-13)9-5-2-1-3-6-9/h1-8H,15H2. The minimum Gasteiger partial charge on any atom is -0.382 e. The molecule has 0 amide bonds. The zero-order valence-corrected chi connectivity index (χ0v) is 11.5. The first-order chi connectivity index (χ1) is 9.25. The Balaban J connectivity index is 2.01. The highest BCUT2D eigenvalue weighted by Crippen LogP contribution is 2.31. The fourth-order valence-electron chi connectivity index (χ4n) is 1.72. The number of thiophene rings is 1. The van der Waals surface area contributed by atoms with Crippen LogP contribution in [0.1, 0.15) is 14.5 Å². The number of hydrogen-bond acceptors (Lipinski definition) is 5. The lowest BCUT2D eigenvalue weighted by Gasteiger charge is -1.93. The average Bonchev–Trinajstić information content (AvgIpc) is 3.08. The number of anilines is 1. The minimum absolute atomic E-state index is 0.0489. The molecular weight excluding hydrogens is 276 g/mol. The van der Waals surface area contributed by atoms with Crippen LogP contribution < -0.4 is 5.73 Å². The van der Waals surface area contributed by atoms with Crippen LogP contribution in [-0.4, -0.2) is 10.8 Å². The van der Waals surface area contributed by atoms with E-state index < -0.39 is 0 Å². The first-order valence-electron chi connectivity index (χ1n) is 5.65. The maximum Gasteiger partial charge on any atom is 0.216 e. The molecule has 2 aromatic heterocycles. The molecule has 0 atom stereocenters. The third-order valence-corrected chi connectivity index (χ3v) is 4.61. The Morgan fingerprint density at radius 3 is 2.58 bits per heavy atom. The molecule has 0 aliphatic rings. The van der Waals surface area contributed by atoms with E-state index in [1.54, 1.807) is 6.07 Å². The number of nitrogens with zero attached hydrogens (tertiary/aromatic N) is 1. The Bertz CT molecular complexity index is 702. The Kier molecular flexibility index (Phi) is 3.15. The first-order valence-corrected chi connectivity index (χ1v) is 7.35. The van der Waals surface area contributed by atoms with Gasteiger partial charge in [-0.3, -0.25) is 4.79 Å². The van der Waals surface area contributed by atoms with E-state index in [0.29, 0.717) is 15.6 Å². The molecule has 3 nitrogen and oxygen atoms in total. The summed E-state index contributed by atoms with van der Waals surface area (Å²) in [4.78, 5) is 17.8. The van der Waals surface area contributed by atoms with E-state index in [1.165, 1.54) is 22.7 Å². The van der Waals surface area contributed by atoms with Gasteiger partial charge in [0.25, 0.3) is 0 Å². The van der Waals surface area contributed by atoms with Crippen LogP contribution in [0.5, 0.6) is 0 Å². The summed E-state index contributed by atoms with van der Waals surface area (Å²) in [5, 5.41) is 2.65. The monoisotopic (exact) mass is 286 g/mol. The highest BCUT2D eigenvalue weighted by atomic mass is 32.1. The summed E-state index contributed by atoms with van der Waals surface area (Å²) in [6, 6.07) is 13.4. The Labute approximate surface area is 118 Å². The fourth-order valence-corrected chi connectivity index (χ4v) is 3.40. The van der Waals surface area contributed by atoms with E-state index in [-0.39, 0.29) is 5.78 Å². The smallest absolute Gasteiger partial charge is 0.216 e. The summed E-state index contributed by atoms with van der Waals surface area (Å²) in [5.74, 6) is 0.259. The zero-order chi connectivity index (χ0) is 13.2. The largest absolute Gasteiger partial charge is 0.382 e. The molecule has 0 aliphatic heterocycles. The van der Waals surface area contributed by atoms with E-state index in [1.807, 2.05) is 41.8 Å². The van der Waals surface area contributed by atoms with Gasteiger partial charge < -0.3 is 5.73 Å². The van der Waals surface area contributed by atoms with Crippen LogP contribution in [0.25, 0.3) is 10.6 Å². The number of nitrogens with two attached hydrogens (primary N) is 1. The van der Waals surface area contributed by atoms with Crippen molar-refractivity contribution >= 4 is 34.3 Å². The van der Waals surface area contributed by atoms with E-state index in [9.17, 15) is 4.79 Å². The zero-order valence-electron chi connectivity index (χ0n) is 9.87. The van der Waals surface area contributed by atoms with Gasteiger partial charge in [0.1, 0.15) is 15.7 Å². The minimum atomic E-state index is -0.0489. The molecule has 1 aromatic carbocycles. The summed E-state index contributed by atoms with van der Waals surface area (Å²) < 4.78 is 0. The molecule has 3 aromatic rings. The van der Waals surface area contributed by atoms with Crippen molar-refractivity contribution in [2.45, 2.75) is 0 Å². The second-order valence-electron chi connectivity index (χ2n) is 3.91. The van der Waals surface area contributed by atoms with E-state index in [0.717, 1.165) is 10.6 Å². The van der Waals surface area contributed by atoms with Crippen LogP contribution in [0.2, 0.25) is 0 Å². The number of carbonyl (C=O) groups excluding carboxylic acids is 1. The SMILES string of the molecule is Nc1nc(-c2ccccc2)sc1C(=O)c1cccs1. The second kappa shape index (κ2) is 4.95. The summed E-state index contributed by atoms with van der Waals surface area (Å²) in [6.07, 6.45) is 0. The van der Waals surface area contributed by atoms with E-state index in [4.69, 9.17) is 5.73 Å². The van der Waals surface area contributed by atoms with Crippen molar-refractivity contribution < 1.29 is 4.79 Å². The van der Waals surface area contributed by atoms with Crippen LogP contribution in [-0.2, 0) is 0 Å². The van der Waals surface area contributed by atoms with Crippen LogP contribution in [0.15, 0.2) is 47.8 Å². The molecule has 94 valence electrons. The molecule has 0 fully saturated rings. The van der Waals surface area contributed by atoms with Crippen molar-refractivity contribution in [3.05, 3.63) is 57.6 Å². The van der Waals surface area contributed by atoms with Gasteiger partial charge in [-0.2, -0.15) is 0 Å². The topological polar surface area (TPSA) is 56.0 Å². The molecule has 0 saturated heterocycles. The van der Waals surface area contributed by atoms with Crippen molar-refractivity contribution in [2.75, 3.05) is 5.73 Å². The summed E-state index contributed by atoms with van der Waals surface area (Å²) in [6.45, 7) is 0. The van der Waals surface area contributed by atoms with E-state index in [2.05, 4.69) is 4.98 Å². The number of aromatic nitrogens is 1. The van der Waals surface area contributed by atoms with Crippen molar-refractivity contribution in [1.82, 2.24) is 4.98 Å². The fraction of sp³-hybridized carbons (Fsp3) is 0. The molecule has 5 heteroatoms. The highest BCUT2D eigenvalue weighted by molar-refractivity contribution is 7.19. The van der Waals surface area contributed by atoms with Crippen molar-refractivity contribution in [2.24, 2.45) is 0 Å². The number of carbonyl (C=O) groups is 1. The average molecular weight is 286 g/mol. The van der Waals surface area contributed by atoms with Crippen LogP contribution in [0.4, 0.5) is 5.82 Å². The van der Waals surface area contributed by atoms with E-state index >= 15 is 0 Å². The maximum atomic E-state index is 12.3. The lowest BCUT2D eigenvalue weighted by Crippen LogP contribution is -1.99. The molecule has 0 saturated carbocycles. The second-order valence-corrected chi connectivity index (χ2v) is 5.85. The van der Waals surface area contributed by atoms with Gasteiger partial charge in [0.2, 0.25) is 5.78 Å². The molecule has 2 heterocycles. The number of benzene rings is 1. The van der Waals surface area contributed by atoms with Crippen LogP contribution >= 0.6 is 22.7 Å². The molecule has 0 spiro atoms. The lowest BCUT2D eigenvalue weighted by atomic mass is 10.2. The molecule has 3 rings (SSSR count). The molecule has 19 heavy (non-hydrogen) atoms. The Morgan fingerprint density at radius 1 is 1.11 bits per heavy atom. The molecular formula is C14H10N2OS2. The number of nitrogen functional groups attached to an aromatic ring is 1. The third-order valence-electron chi connectivity index (χ3n) is 2.63. The molecule has 0 unspecified atom stereocenters. The van der Waals surface area contributed by atoms with Gasteiger partial charge in [-0.25, -0.2) is 4.98 Å². The van der Waals surface area contributed by atoms with Gasteiger partial charge >= 0.3 is 0 Å². The first kappa shape index (κ1) is 12.1. The highest BCUT2D eigenvalue weighted by Gasteiger charge is 2.19. The predicted octanol–water partition coefficient (Wildman–Crippen LogP) is 3.68. The Morgan fingerprint density at radius 2 is 1.89 bits per heavy atom. The summed E-state index contributed by atoms with van der Waals surface area (Å²) in [5.41, 5.74) is 6.85. The predicted molar refractivity (Wildman–Crippen MR) is 79.7 cm³/mol. The molecule has 0 radical (unpaired) electrons. The van der Waals surface area contributed by atoms with Gasteiger partial charge in [0.15, 0.2) is 0 Å². The maximum absolute atomic E-state index is 12.3. The van der Waals surface area contributed by atoms with Crippen LogP contribution in [0, 0.1) is 0 Å². The van der Waals surface area contributed by atoms with Crippen molar-refractivity contribution in [3.8, 4) is 10.6 Å². The van der Waals surface area contributed by atoms with Gasteiger partial charge in [0.05, 0.1) is 4.88 Å². The van der Waals surface area contributed by atoms with Gasteiger partial charge in [0, 0.05) is 5.56 Å². The number of ketones is 1. The summed E-state index contributed by atoms with van der Waals surface area (Å²) >= 11 is 2.75. The van der Waals surface area contributed by atoms with Crippen LogP contribution in [0.3, 0.4) is 0 Å².